The molecular weight excluding hydrogens is 321 g/mol. The van der Waals surface area contributed by atoms with E-state index in [0.717, 1.165) is 0 Å². The fourth-order valence-corrected chi connectivity index (χ4v) is 0.962. The van der Waals surface area contributed by atoms with Crippen molar-refractivity contribution in [3.8, 4) is 5.75 Å². The molecule has 0 bridgehead atoms. The van der Waals surface area contributed by atoms with Crippen molar-refractivity contribution in [2.75, 3.05) is 0 Å². The van der Waals surface area contributed by atoms with Crippen molar-refractivity contribution in [3.05, 3.63) is 73.7 Å². The minimum absolute atomic E-state index is 0. The normalized spacial score (nSPS) is 6.65. The monoisotopic (exact) mass is 350 g/mol. The molecule has 2 rings (SSSR count). The molecule has 1 radical (unpaired) electrons. The van der Waals surface area contributed by atoms with Gasteiger partial charge >= 0.3 is 0 Å². The Labute approximate surface area is 151 Å². The van der Waals surface area contributed by atoms with Crippen LogP contribution in [0.2, 0.25) is 0 Å². The Morgan fingerprint density at radius 2 is 0.950 bits per heavy atom. The Bertz CT molecular complexity index is 309. The van der Waals surface area contributed by atoms with Crippen LogP contribution in [0.4, 0.5) is 0 Å². The van der Waals surface area contributed by atoms with Gasteiger partial charge in [0.1, 0.15) is 5.75 Å². The minimum atomic E-state index is 0. The largest absolute Gasteiger partial charge is 0.508 e. The molecule has 0 spiro atoms. The van der Waals surface area contributed by atoms with Gasteiger partial charge in [-0.05, 0) is 19.1 Å². The summed E-state index contributed by atoms with van der Waals surface area (Å²) in [5.41, 5.74) is 1.32. The Morgan fingerprint density at radius 3 is 1.10 bits per heavy atom. The van der Waals surface area contributed by atoms with Crippen molar-refractivity contribution in [1.29, 1.82) is 0 Å². The van der Waals surface area contributed by atoms with E-state index in [-0.39, 0.29) is 40.1 Å². The zero-order chi connectivity index (χ0) is 14.2. The summed E-state index contributed by atoms with van der Waals surface area (Å²) in [6, 6.07) is 19.0. The number of aromatic hydroxyl groups is 1. The van der Waals surface area contributed by atoms with Crippen LogP contribution in [0.5, 0.6) is 5.75 Å². The summed E-state index contributed by atoms with van der Waals surface area (Å²) in [5, 5.41) is 8.63. The number of aryl methyl sites for hydroxylation is 1. The molecule has 1 nitrogen and oxygen atoms in total. The molecule has 0 aliphatic rings. The average Bonchev–Trinajstić information content (AvgIpc) is 2.46. The minimum Gasteiger partial charge on any atom is -0.508 e. The molecule has 0 atom stereocenters. The van der Waals surface area contributed by atoms with Crippen LogP contribution in [-0.2, 0) is 32.7 Å². The summed E-state index contributed by atoms with van der Waals surface area (Å²) >= 11 is 0. The van der Waals surface area contributed by atoms with Gasteiger partial charge in [0.05, 0.1) is 0 Å². The van der Waals surface area contributed by atoms with Crippen molar-refractivity contribution in [2.45, 2.75) is 34.6 Å². The Balaban J connectivity index is -0.0000000950. The van der Waals surface area contributed by atoms with Crippen LogP contribution < -0.4 is 0 Å². The van der Waals surface area contributed by atoms with Gasteiger partial charge in [0, 0.05) is 32.7 Å². The van der Waals surface area contributed by atoms with Crippen molar-refractivity contribution in [2.24, 2.45) is 0 Å². The number of hydrogen-bond acceptors (Lipinski definition) is 1. The molecule has 0 amide bonds. The topological polar surface area (TPSA) is 20.2 Å². The van der Waals surface area contributed by atoms with E-state index in [1.54, 1.807) is 24.3 Å². The summed E-state index contributed by atoms with van der Waals surface area (Å²) in [6.45, 7) is 10.1. The van der Waals surface area contributed by atoms with Crippen LogP contribution in [0.1, 0.15) is 33.3 Å². The number of hydrogen-bond donors (Lipinski definition) is 1. The first kappa shape index (κ1) is 27.6. The number of rotatable bonds is 0. The van der Waals surface area contributed by atoms with Crippen molar-refractivity contribution >= 4 is 0 Å². The van der Waals surface area contributed by atoms with Gasteiger partial charge in [-0.15, -0.1) is 0 Å². The van der Waals surface area contributed by atoms with Crippen molar-refractivity contribution in [3.63, 3.8) is 0 Å². The van der Waals surface area contributed by atoms with Gasteiger partial charge < -0.3 is 12.5 Å². The standard InChI is InChI=1S/C7H8.C6H6O.2C2H6.CH3.Y/c1-7-5-3-2-4-6-7;7-6-4-2-1-3-5-6;2*1-2;;/h2-6H,1H3;1-5,7H;2*1-2H3;1H3;/q;;;;-1;. The molecule has 0 unspecified atom stereocenters. The molecule has 0 fully saturated rings. The number of phenolic OH excluding ortho intramolecular Hbond substituents is 1. The molecule has 0 saturated heterocycles. The van der Waals surface area contributed by atoms with Gasteiger partial charge in [-0.25, -0.2) is 0 Å². The molecule has 2 heteroatoms. The van der Waals surface area contributed by atoms with E-state index >= 15 is 0 Å². The molecule has 1 N–H and O–H groups in total. The van der Waals surface area contributed by atoms with E-state index in [9.17, 15) is 0 Å². The second-order valence-corrected chi connectivity index (χ2v) is 2.99. The van der Waals surface area contributed by atoms with Crippen LogP contribution in [0.25, 0.3) is 0 Å². The van der Waals surface area contributed by atoms with Crippen LogP contribution in [-0.4, -0.2) is 5.11 Å². The van der Waals surface area contributed by atoms with E-state index in [2.05, 4.69) is 19.1 Å². The molecule has 0 aliphatic carbocycles. The fraction of sp³-hybridized carbons (Fsp3) is 0.278. The summed E-state index contributed by atoms with van der Waals surface area (Å²) in [6.07, 6.45) is 0. The molecule has 20 heavy (non-hydrogen) atoms. The second-order valence-electron chi connectivity index (χ2n) is 2.99. The van der Waals surface area contributed by atoms with Crippen LogP contribution in [0, 0.1) is 14.4 Å². The van der Waals surface area contributed by atoms with Crippen molar-refractivity contribution < 1.29 is 37.8 Å². The predicted octanol–water partition coefficient (Wildman–Crippen LogP) is 5.89. The van der Waals surface area contributed by atoms with E-state index < -0.39 is 0 Å². The molecule has 2 aromatic rings. The third kappa shape index (κ3) is 19.7. The zero-order valence-corrected chi connectivity index (χ0v) is 16.6. The number of benzene rings is 2. The van der Waals surface area contributed by atoms with Crippen LogP contribution in [0.3, 0.4) is 0 Å². The molecule has 2 aromatic carbocycles. The van der Waals surface area contributed by atoms with Gasteiger partial charge in [-0.2, -0.15) is 0 Å². The summed E-state index contributed by atoms with van der Waals surface area (Å²) < 4.78 is 0. The molecule has 111 valence electrons. The van der Waals surface area contributed by atoms with E-state index in [1.807, 2.05) is 52.0 Å². The third-order valence-electron chi connectivity index (χ3n) is 1.70. The van der Waals surface area contributed by atoms with Gasteiger partial charge in [-0.3, -0.25) is 0 Å². The zero-order valence-electron chi connectivity index (χ0n) is 13.8. The maximum atomic E-state index is 8.63. The Kier molecular flexibility index (Phi) is 32.4. The molecular formula is C18H29OY-. The van der Waals surface area contributed by atoms with Gasteiger partial charge in [0.15, 0.2) is 0 Å². The van der Waals surface area contributed by atoms with Gasteiger partial charge in [0.25, 0.3) is 0 Å². The first-order valence-electron chi connectivity index (χ1n) is 6.54. The predicted molar refractivity (Wildman–Crippen MR) is 88.4 cm³/mol. The number of para-hydroxylation sites is 1. The second kappa shape index (κ2) is 23.4. The first-order chi connectivity index (χ1) is 8.79. The number of phenols is 1. The van der Waals surface area contributed by atoms with Gasteiger partial charge in [0.2, 0.25) is 0 Å². The quantitative estimate of drug-likeness (QED) is 0.588. The molecule has 0 aliphatic heterocycles. The first-order valence-corrected chi connectivity index (χ1v) is 6.54. The molecule has 0 aromatic heterocycles. The average molecular weight is 350 g/mol. The Hall–Kier alpha value is -0.656. The maximum absolute atomic E-state index is 8.63. The van der Waals surface area contributed by atoms with Crippen LogP contribution >= 0.6 is 0 Å². The SMILES string of the molecule is CC.CC.Cc1ccccc1.Oc1ccccc1.[CH3-].[Y]. The summed E-state index contributed by atoms with van der Waals surface area (Å²) in [7, 11) is 0. The van der Waals surface area contributed by atoms with Crippen molar-refractivity contribution in [1.82, 2.24) is 0 Å². The third-order valence-corrected chi connectivity index (χ3v) is 1.70. The molecule has 0 heterocycles. The van der Waals surface area contributed by atoms with E-state index in [4.69, 9.17) is 5.11 Å². The van der Waals surface area contributed by atoms with E-state index in [1.165, 1.54) is 5.56 Å². The van der Waals surface area contributed by atoms with Crippen LogP contribution in [0.15, 0.2) is 60.7 Å². The fourth-order valence-electron chi connectivity index (χ4n) is 0.962. The smallest absolute Gasteiger partial charge is 0.115 e. The maximum Gasteiger partial charge on any atom is 0.115 e. The van der Waals surface area contributed by atoms with E-state index in [0.29, 0.717) is 5.75 Å². The van der Waals surface area contributed by atoms with Gasteiger partial charge in [-0.1, -0.05) is 81.8 Å². The Morgan fingerprint density at radius 1 is 0.650 bits per heavy atom. The summed E-state index contributed by atoms with van der Waals surface area (Å²) in [5.74, 6) is 0.322. The summed E-state index contributed by atoms with van der Waals surface area (Å²) in [4.78, 5) is 0. The molecule has 0 saturated carbocycles.